The highest BCUT2D eigenvalue weighted by molar-refractivity contribution is 5.92. The number of hydrogen-bond donors (Lipinski definition) is 1. The number of para-hydroxylation sites is 2. The molecule has 0 saturated carbocycles. The van der Waals surface area contributed by atoms with Crippen molar-refractivity contribution in [3.63, 3.8) is 0 Å². The molecule has 2 aromatic rings. The molecule has 1 N–H and O–H groups in total. The SMILES string of the molecule is Cc1cc(=O)c(C(=O)NC(C)CCC(C)C)nn1-c1ccccc1[N+](=O)[O-]. The summed E-state index contributed by atoms with van der Waals surface area (Å²) < 4.78 is 1.26. The van der Waals surface area contributed by atoms with Gasteiger partial charge in [-0.1, -0.05) is 26.0 Å². The topological polar surface area (TPSA) is 107 Å². The second-order valence-corrected chi connectivity index (χ2v) is 7.00. The summed E-state index contributed by atoms with van der Waals surface area (Å²) in [4.78, 5) is 35.5. The van der Waals surface area contributed by atoms with E-state index < -0.39 is 16.3 Å². The Labute approximate surface area is 157 Å². The standard InChI is InChI=1S/C19H24N4O4/c1-12(2)9-10-13(3)20-19(25)18-17(24)11-14(4)22(21-18)15-7-5-6-8-16(15)23(26)27/h5-8,11-13H,9-10H2,1-4H3,(H,20,25). The van der Waals surface area contributed by atoms with Crippen molar-refractivity contribution >= 4 is 11.6 Å². The van der Waals surface area contributed by atoms with Crippen LogP contribution in [0.15, 0.2) is 35.1 Å². The van der Waals surface area contributed by atoms with E-state index in [-0.39, 0.29) is 23.1 Å². The summed E-state index contributed by atoms with van der Waals surface area (Å²) in [5.41, 5.74) is -0.361. The molecule has 0 aliphatic heterocycles. The predicted molar refractivity (Wildman–Crippen MR) is 102 cm³/mol. The van der Waals surface area contributed by atoms with Crippen LogP contribution in [0.5, 0.6) is 0 Å². The molecule has 0 aliphatic carbocycles. The summed E-state index contributed by atoms with van der Waals surface area (Å²) in [5.74, 6) is -0.0682. The van der Waals surface area contributed by atoms with Gasteiger partial charge in [-0.25, -0.2) is 4.68 Å². The largest absolute Gasteiger partial charge is 0.348 e. The number of nitrogens with zero attached hydrogens (tertiary/aromatic N) is 3. The van der Waals surface area contributed by atoms with Gasteiger partial charge < -0.3 is 5.32 Å². The average Bonchev–Trinajstić information content (AvgIpc) is 2.60. The van der Waals surface area contributed by atoms with Crippen LogP contribution in [0.1, 0.15) is 49.8 Å². The average molecular weight is 372 g/mol. The van der Waals surface area contributed by atoms with Crippen molar-refractivity contribution in [1.82, 2.24) is 15.1 Å². The zero-order valence-corrected chi connectivity index (χ0v) is 15.9. The van der Waals surface area contributed by atoms with Crippen molar-refractivity contribution in [3.05, 3.63) is 62.1 Å². The molecule has 0 spiro atoms. The molecule has 8 heteroatoms. The molecule has 1 atom stereocenters. The lowest BCUT2D eigenvalue weighted by atomic mass is 10.0. The molecule has 0 radical (unpaired) electrons. The number of aryl methyl sites for hydroxylation is 1. The summed E-state index contributed by atoms with van der Waals surface area (Å²) in [7, 11) is 0. The first-order chi connectivity index (χ1) is 12.7. The predicted octanol–water partition coefficient (Wildman–Crippen LogP) is 3.00. The first kappa shape index (κ1) is 20.3. The summed E-state index contributed by atoms with van der Waals surface area (Å²) in [6, 6.07) is 7.20. The van der Waals surface area contributed by atoms with Gasteiger partial charge in [0, 0.05) is 23.9 Å². The second-order valence-electron chi connectivity index (χ2n) is 7.00. The number of nitro groups is 1. The van der Waals surface area contributed by atoms with Gasteiger partial charge in [0.1, 0.15) is 5.69 Å². The molecule has 8 nitrogen and oxygen atoms in total. The maximum absolute atomic E-state index is 12.5. The Morgan fingerprint density at radius 3 is 2.56 bits per heavy atom. The molecule has 1 amide bonds. The summed E-state index contributed by atoms with van der Waals surface area (Å²) in [6.07, 6.45) is 1.73. The van der Waals surface area contributed by atoms with Gasteiger partial charge in [-0.05, 0) is 38.7 Å². The van der Waals surface area contributed by atoms with Gasteiger partial charge in [0.05, 0.1) is 4.92 Å². The molecule has 1 unspecified atom stereocenters. The monoisotopic (exact) mass is 372 g/mol. The van der Waals surface area contributed by atoms with Crippen LogP contribution in [0, 0.1) is 23.0 Å². The molecule has 0 saturated heterocycles. The highest BCUT2D eigenvalue weighted by Crippen LogP contribution is 2.22. The Morgan fingerprint density at radius 2 is 1.93 bits per heavy atom. The number of benzene rings is 1. The van der Waals surface area contributed by atoms with Crippen LogP contribution in [-0.4, -0.2) is 26.7 Å². The number of aromatic nitrogens is 2. The highest BCUT2D eigenvalue weighted by Gasteiger charge is 2.21. The minimum absolute atomic E-state index is 0.109. The van der Waals surface area contributed by atoms with Gasteiger partial charge in [-0.3, -0.25) is 19.7 Å². The maximum Gasteiger partial charge on any atom is 0.294 e. The number of nitrogens with one attached hydrogen (secondary N) is 1. The number of hydrogen-bond acceptors (Lipinski definition) is 5. The van der Waals surface area contributed by atoms with Gasteiger partial charge in [0.15, 0.2) is 5.69 Å². The maximum atomic E-state index is 12.5. The Hall–Kier alpha value is -3.03. The molecular weight excluding hydrogens is 348 g/mol. The zero-order chi connectivity index (χ0) is 20.1. The molecule has 1 heterocycles. The molecule has 1 aromatic carbocycles. The molecular formula is C19H24N4O4. The third kappa shape index (κ3) is 4.99. The van der Waals surface area contributed by atoms with E-state index in [0.717, 1.165) is 12.8 Å². The lowest BCUT2D eigenvalue weighted by molar-refractivity contribution is -0.384. The first-order valence-corrected chi connectivity index (χ1v) is 8.86. The molecule has 144 valence electrons. The van der Waals surface area contributed by atoms with Crippen LogP contribution in [0.3, 0.4) is 0 Å². The first-order valence-electron chi connectivity index (χ1n) is 8.86. The smallest absolute Gasteiger partial charge is 0.294 e. The third-order valence-electron chi connectivity index (χ3n) is 4.18. The van der Waals surface area contributed by atoms with Crippen LogP contribution in [0.25, 0.3) is 5.69 Å². The van der Waals surface area contributed by atoms with Crippen molar-refractivity contribution in [3.8, 4) is 5.69 Å². The number of carbonyl (C=O) groups excluding carboxylic acids is 1. The number of nitro benzene ring substituents is 1. The second kappa shape index (κ2) is 8.57. The van der Waals surface area contributed by atoms with Crippen molar-refractivity contribution in [2.45, 2.75) is 46.6 Å². The van der Waals surface area contributed by atoms with Crippen molar-refractivity contribution in [1.29, 1.82) is 0 Å². The third-order valence-corrected chi connectivity index (χ3v) is 4.18. The molecule has 27 heavy (non-hydrogen) atoms. The Bertz CT molecular complexity index is 905. The van der Waals surface area contributed by atoms with E-state index >= 15 is 0 Å². The van der Waals surface area contributed by atoms with E-state index in [9.17, 15) is 19.7 Å². The van der Waals surface area contributed by atoms with Gasteiger partial charge in [0.2, 0.25) is 5.43 Å². The Balaban J connectivity index is 2.38. The molecule has 0 aliphatic rings. The Kier molecular flexibility index (Phi) is 6.44. The fraction of sp³-hybridized carbons (Fsp3) is 0.421. The quantitative estimate of drug-likeness (QED) is 0.594. The lowest BCUT2D eigenvalue weighted by Crippen LogP contribution is -2.37. The minimum atomic E-state index is -0.580. The fourth-order valence-corrected chi connectivity index (χ4v) is 2.69. The van der Waals surface area contributed by atoms with E-state index in [4.69, 9.17) is 0 Å². The van der Waals surface area contributed by atoms with Crippen LogP contribution in [0.4, 0.5) is 5.69 Å². The van der Waals surface area contributed by atoms with Crippen molar-refractivity contribution in [2.24, 2.45) is 5.92 Å². The Morgan fingerprint density at radius 1 is 1.26 bits per heavy atom. The van der Waals surface area contributed by atoms with Crippen LogP contribution in [-0.2, 0) is 0 Å². The lowest BCUT2D eigenvalue weighted by Gasteiger charge is -2.15. The highest BCUT2D eigenvalue weighted by atomic mass is 16.6. The molecule has 0 bridgehead atoms. The number of rotatable bonds is 7. The number of amides is 1. The van der Waals surface area contributed by atoms with Crippen LogP contribution >= 0.6 is 0 Å². The van der Waals surface area contributed by atoms with Crippen molar-refractivity contribution in [2.75, 3.05) is 0 Å². The molecule has 1 aromatic heterocycles. The van der Waals surface area contributed by atoms with Crippen molar-refractivity contribution < 1.29 is 9.72 Å². The van der Waals surface area contributed by atoms with Gasteiger partial charge in [0.25, 0.3) is 11.6 Å². The molecule has 0 fully saturated rings. The summed E-state index contributed by atoms with van der Waals surface area (Å²) >= 11 is 0. The van der Waals surface area contributed by atoms with Crippen LogP contribution in [0.2, 0.25) is 0 Å². The summed E-state index contributed by atoms with van der Waals surface area (Å²) in [6.45, 7) is 7.68. The number of carbonyl (C=O) groups is 1. The van der Waals surface area contributed by atoms with E-state index in [1.165, 1.54) is 22.9 Å². The molecule has 2 rings (SSSR count). The van der Waals surface area contributed by atoms with Gasteiger partial charge in [-0.15, -0.1) is 0 Å². The summed E-state index contributed by atoms with van der Waals surface area (Å²) in [5, 5.41) is 18.2. The van der Waals surface area contributed by atoms with Crippen LogP contribution < -0.4 is 10.7 Å². The normalized spacial score (nSPS) is 12.0. The minimum Gasteiger partial charge on any atom is -0.348 e. The zero-order valence-electron chi connectivity index (χ0n) is 15.9. The van der Waals surface area contributed by atoms with E-state index in [0.29, 0.717) is 11.6 Å². The van der Waals surface area contributed by atoms with E-state index in [1.807, 2.05) is 6.92 Å². The van der Waals surface area contributed by atoms with Gasteiger partial charge in [-0.2, -0.15) is 5.10 Å². The van der Waals surface area contributed by atoms with E-state index in [2.05, 4.69) is 24.3 Å². The van der Waals surface area contributed by atoms with E-state index in [1.54, 1.807) is 19.1 Å². The fourth-order valence-electron chi connectivity index (χ4n) is 2.69. The van der Waals surface area contributed by atoms with Gasteiger partial charge >= 0.3 is 0 Å².